The Morgan fingerprint density at radius 2 is 2.16 bits per heavy atom. The van der Waals surface area contributed by atoms with Gasteiger partial charge in [0.1, 0.15) is 18.1 Å². The van der Waals surface area contributed by atoms with Crippen molar-refractivity contribution in [2.75, 3.05) is 7.11 Å². The van der Waals surface area contributed by atoms with Crippen LogP contribution in [0.5, 0.6) is 5.75 Å². The highest BCUT2D eigenvalue weighted by molar-refractivity contribution is 5.77. The molecule has 0 aliphatic rings. The number of hydrogen-bond donors (Lipinski definition) is 2. The molecule has 3 aromatic rings. The molecular formula is C18H23N5O2. The zero-order valence-electron chi connectivity index (χ0n) is 15.0. The number of aromatic nitrogens is 4. The second-order valence-electron chi connectivity index (χ2n) is 6.00. The van der Waals surface area contributed by atoms with Crippen molar-refractivity contribution >= 4 is 16.9 Å². The van der Waals surface area contributed by atoms with Crippen molar-refractivity contribution in [3.8, 4) is 5.75 Å². The largest absolute Gasteiger partial charge is 0.497 e. The Bertz CT molecular complexity index is 910. The van der Waals surface area contributed by atoms with Gasteiger partial charge in [-0.3, -0.25) is 9.48 Å². The number of aromatic amines is 1. The Labute approximate surface area is 146 Å². The van der Waals surface area contributed by atoms with E-state index in [-0.39, 0.29) is 12.5 Å². The summed E-state index contributed by atoms with van der Waals surface area (Å²) in [5.74, 6) is 1.38. The molecule has 0 radical (unpaired) electrons. The highest BCUT2D eigenvalue weighted by Gasteiger charge is 2.13. The number of rotatable bonds is 6. The van der Waals surface area contributed by atoms with Crippen LogP contribution in [0.4, 0.5) is 0 Å². The van der Waals surface area contributed by atoms with Gasteiger partial charge in [-0.15, -0.1) is 0 Å². The van der Waals surface area contributed by atoms with E-state index < -0.39 is 0 Å². The number of imidazole rings is 1. The number of aryl methyl sites for hydroxylation is 1. The topological polar surface area (TPSA) is 84.8 Å². The lowest BCUT2D eigenvalue weighted by Gasteiger charge is -2.06. The number of nitrogens with one attached hydrogen (secondary N) is 2. The molecule has 0 saturated heterocycles. The number of nitrogens with zero attached hydrogens (tertiary/aromatic N) is 3. The highest BCUT2D eigenvalue weighted by Crippen LogP contribution is 2.18. The highest BCUT2D eigenvalue weighted by atomic mass is 16.5. The lowest BCUT2D eigenvalue weighted by molar-refractivity contribution is -0.122. The van der Waals surface area contributed by atoms with E-state index in [9.17, 15) is 4.79 Å². The van der Waals surface area contributed by atoms with E-state index in [1.54, 1.807) is 11.8 Å². The minimum Gasteiger partial charge on any atom is -0.497 e. The number of carbonyl (C=O) groups excluding carboxylic acids is 1. The molecular weight excluding hydrogens is 318 g/mol. The first kappa shape index (κ1) is 17.0. The summed E-state index contributed by atoms with van der Waals surface area (Å²) >= 11 is 0. The summed E-state index contributed by atoms with van der Waals surface area (Å²) in [5, 5.41) is 7.33. The summed E-state index contributed by atoms with van der Waals surface area (Å²) in [6.07, 6.45) is 0.918. The van der Waals surface area contributed by atoms with Gasteiger partial charge in [0.05, 0.1) is 30.4 Å². The number of H-pyrrole nitrogens is 1. The van der Waals surface area contributed by atoms with Crippen LogP contribution in [-0.2, 0) is 24.3 Å². The van der Waals surface area contributed by atoms with E-state index in [2.05, 4.69) is 27.3 Å². The Morgan fingerprint density at radius 1 is 1.36 bits per heavy atom. The van der Waals surface area contributed by atoms with E-state index in [0.717, 1.165) is 34.6 Å². The smallest absolute Gasteiger partial charge is 0.242 e. The number of benzene rings is 1. The number of carbonyl (C=O) groups is 1. The Morgan fingerprint density at radius 3 is 2.84 bits per heavy atom. The molecule has 2 heterocycles. The van der Waals surface area contributed by atoms with Gasteiger partial charge in [-0.1, -0.05) is 6.92 Å². The molecule has 1 aromatic carbocycles. The van der Waals surface area contributed by atoms with Gasteiger partial charge >= 0.3 is 0 Å². The molecule has 7 heteroatoms. The van der Waals surface area contributed by atoms with Crippen LogP contribution in [0.2, 0.25) is 0 Å². The van der Waals surface area contributed by atoms with Crippen LogP contribution < -0.4 is 10.1 Å². The summed E-state index contributed by atoms with van der Waals surface area (Å²) in [5.41, 5.74) is 4.97. The quantitative estimate of drug-likeness (QED) is 0.720. The molecule has 0 fully saturated rings. The normalized spacial score (nSPS) is 11.0. The van der Waals surface area contributed by atoms with Crippen LogP contribution in [0, 0.1) is 13.8 Å². The van der Waals surface area contributed by atoms with Gasteiger partial charge in [0, 0.05) is 11.8 Å². The molecule has 132 valence electrons. The van der Waals surface area contributed by atoms with Crippen LogP contribution in [-0.4, -0.2) is 32.8 Å². The second kappa shape index (κ2) is 6.96. The summed E-state index contributed by atoms with van der Waals surface area (Å²) < 4.78 is 6.96. The molecule has 0 bridgehead atoms. The minimum absolute atomic E-state index is 0.0914. The lowest BCUT2D eigenvalue weighted by atomic mass is 10.1. The van der Waals surface area contributed by atoms with Gasteiger partial charge in [-0.2, -0.15) is 5.10 Å². The fraction of sp³-hybridized carbons (Fsp3) is 0.389. The van der Waals surface area contributed by atoms with Crippen LogP contribution >= 0.6 is 0 Å². The Hall–Kier alpha value is -2.83. The average molecular weight is 341 g/mol. The molecule has 0 unspecified atom stereocenters. The SMILES string of the molecule is CCc1c(C)nn(CC(=O)NCc2nc3ccc(OC)cc3[nH]2)c1C. The third kappa shape index (κ3) is 3.50. The Kier molecular flexibility index (Phi) is 4.74. The molecule has 0 aliphatic carbocycles. The third-order valence-corrected chi connectivity index (χ3v) is 4.37. The average Bonchev–Trinajstić information content (AvgIpc) is 3.12. The number of methoxy groups -OCH3 is 1. The first-order valence-corrected chi connectivity index (χ1v) is 8.34. The number of hydrogen-bond acceptors (Lipinski definition) is 4. The predicted octanol–water partition coefficient (Wildman–Crippen LogP) is 2.26. The van der Waals surface area contributed by atoms with Crippen LogP contribution in [0.3, 0.4) is 0 Å². The lowest BCUT2D eigenvalue weighted by Crippen LogP contribution is -2.28. The summed E-state index contributed by atoms with van der Waals surface area (Å²) in [7, 11) is 1.63. The third-order valence-electron chi connectivity index (χ3n) is 4.37. The van der Waals surface area contributed by atoms with Gasteiger partial charge in [0.15, 0.2) is 0 Å². The monoisotopic (exact) mass is 341 g/mol. The number of amides is 1. The van der Waals surface area contributed by atoms with Crippen molar-refractivity contribution in [3.63, 3.8) is 0 Å². The molecule has 3 rings (SSSR count). The molecule has 0 saturated carbocycles. The first-order valence-electron chi connectivity index (χ1n) is 8.34. The molecule has 0 spiro atoms. The van der Waals surface area contributed by atoms with E-state index in [1.165, 1.54) is 5.56 Å². The van der Waals surface area contributed by atoms with Crippen molar-refractivity contribution < 1.29 is 9.53 Å². The molecule has 2 N–H and O–H groups in total. The number of fused-ring (bicyclic) bond motifs is 1. The summed E-state index contributed by atoms with van der Waals surface area (Å²) in [6, 6.07) is 5.63. The first-order chi connectivity index (χ1) is 12.0. The van der Waals surface area contributed by atoms with Crippen molar-refractivity contribution in [2.45, 2.75) is 40.3 Å². The summed E-state index contributed by atoms with van der Waals surface area (Å²) in [6.45, 7) is 6.62. The maximum atomic E-state index is 12.2. The van der Waals surface area contributed by atoms with Gasteiger partial charge in [0.25, 0.3) is 0 Å². The number of ether oxygens (including phenoxy) is 1. The minimum atomic E-state index is -0.0914. The van der Waals surface area contributed by atoms with Gasteiger partial charge < -0.3 is 15.0 Å². The fourth-order valence-corrected chi connectivity index (χ4v) is 3.03. The standard InChI is InChI=1S/C18H23N5O2/c1-5-14-11(2)22-23(12(14)3)10-18(24)19-9-17-20-15-7-6-13(25-4)8-16(15)21-17/h6-8H,5,9-10H2,1-4H3,(H,19,24)(H,20,21). The maximum Gasteiger partial charge on any atom is 0.242 e. The fourth-order valence-electron chi connectivity index (χ4n) is 3.03. The second-order valence-corrected chi connectivity index (χ2v) is 6.00. The zero-order chi connectivity index (χ0) is 18.0. The molecule has 25 heavy (non-hydrogen) atoms. The van der Waals surface area contributed by atoms with Gasteiger partial charge in [-0.05, 0) is 38.0 Å². The zero-order valence-corrected chi connectivity index (χ0v) is 15.0. The predicted molar refractivity (Wildman–Crippen MR) is 95.6 cm³/mol. The molecule has 0 atom stereocenters. The van der Waals surface area contributed by atoms with Crippen molar-refractivity contribution in [1.82, 2.24) is 25.1 Å². The van der Waals surface area contributed by atoms with Crippen molar-refractivity contribution in [3.05, 3.63) is 41.0 Å². The molecule has 2 aromatic heterocycles. The Balaban J connectivity index is 1.64. The van der Waals surface area contributed by atoms with E-state index in [4.69, 9.17) is 4.74 Å². The van der Waals surface area contributed by atoms with E-state index in [1.807, 2.05) is 32.0 Å². The van der Waals surface area contributed by atoms with E-state index in [0.29, 0.717) is 12.4 Å². The summed E-state index contributed by atoms with van der Waals surface area (Å²) in [4.78, 5) is 19.9. The van der Waals surface area contributed by atoms with Gasteiger partial charge in [-0.25, -0.2) is 4.98 Å². The van der Waals surface area contributed by atoms with Crippen LogP contribution in [0.1, 0.15) is 29.7 Å². The molecule has 0 aliphatic heterocycles. The molecule has 1 amide bonds. The van der Waals surface area contributed by atoms with Crippen LogP contribution in [0.25, 0.3) is 11.0 Å². The maximum absolute atomic E-state index is 12.2. The van der Waals surface area contributed by atoms with Crippen LogP contribution in [0.15, 0.2) is 18.2 Å². The van der Waals surface area contributed by atoms with Gasteiger partial charge in [0.2, 0.25) is 5.91 Å². The van der Waals surface area contributed by atoms with Crippen molar-refractivity contribution in [2.24, 2.45) is 0 Å². The molecule has 7 nitrogen and oxygen atoms in total. The van der Waals surface area contributed by atoms with E-state index >= 15 is 0 Å². The van der Waals surface area contributed by atoms with Crippen molar-refractivity contribution in [1.29, 1.82) is 0 Å².